The molecule has 1 heterocycles. The Kier molecular flexibility index (Phi) is 7.87. The third kappa shape index (κ3) is 4.42. The number of pyridine rings is 1. The number of rotatable bonds is 4. The van der Waals surface area contributed by atoms with Crippen molar-refractivity contribution < 1.29 is 21.1 Å². The van der Waals surface area contributed by atoms with Gasteiger partial charge >= 0.3 is 21.1 Å². The second kappa shape index (κ2) is 7.65. The van der Waals surface area contributed by atoms with Crippen LogP contribution in [0.2, 0.25) is 10.0 Å². The number of hydrogen-bond acceptors (Lipinski definition) is 1. The fourth-order valence-electron chi connectivity index (χ4n) is 1.33. The van der Waals surface area contributed by atoms with Crippen LogP contribution in [0.3, 0.4) is 0 Å². The van der Waals surface area contributed by atoms with E-state index in [9.17, 15) is 0 Å². The number of nitrogens with zero attached hydrogens (tertiary/aromatic N) is 1. The SMILES string of the molecule is CCCCCc1cnc(C)c(Cl)c1Cl.[Pt+2]. The van der Waals surface area contributed by atoms with Crippen LogP contribution in [0.15, 0.2) is 6.20 Å². The van der Waals surface area contributed by atoms with Crippen LogP contribution in [-0.2, 0) is 27.5 Å². The summed E-state index contributed by atoms with van der Waals surface area (Å²) in [5, 5.41) is 1.27. The molecular weight excluding hydrogens is 412 g/mol. The molecule has 15 heavy (non-hydrogen) atoms. The van der Waals surface area contributed by atoms with Crippen LogP contribution in [0.25, 0.3) is 0 Å². The minimum atomic E-state index is 0. The Balaban J connectivity index is 0.00000196. The number of aryl methyl sites for hydroxylation is 2. The van der Waals surface area contributed by atoms with Gasteiger partial charge in [0.25, 0.3) is 0 Å². The third-order valence-electron chi connectivity index (χ3n) is 2.26. The number of halogens is 2. The standard InChI is InChI=1S/C11H15Cl2N.Pt/c1-3-4-5-6-9-7-14-8(2)10(12)11(9)13;/h7H,3-6H2,1-2H3;/q;+2. The number of aromatic nitrogens is 1. The van der Waals surface area contributed by atoms with E-state index in [0.717, 1.165) is 24.1 Å². The zero-order valence-electron chi connectivity index (χ0n) is 8.93. The van der Waals surface area contributed by atoms with Gasteiger partial charge in [-0.25, -0.2) is 0 Å². The quantitative estimate of drug-likeness (QED) is 0.649. The second-order valence-electron chi connectivity index (χ2n) is 3.45. The molecule has 0 atom stereocenters. The second-order valence-corrected chi connectivity index (χ2v) is 4.21. The Morgan fingerprint density at radius 1 is 1.20 bits per heavy atom. The topological polar surface area (TPSA) is 12.9 Å². The maximum absolute atomic E-state index is 6.11. The van der Waals surface area contributed by atoms with Gasteiger partial charge in [-0.1, -0.05) is 43.0 Å². The van der Waals surface area contributed by atoms with Crippen LogP contribution in [0.1, 0.15) is 37.4 Å². The Hall–Kier alpha value is 0.418. The zero-order chi connectivity index (χ0) is 10.6. The molecule has 0 bridgehead atoms. The van der Waals surface area contributed by atoms with E-state index in [0.29, 0.717) is 10.0 Å². The van der Waals surface area contributed by atoms with Gasteiger partial charge in [-0.15, -0.1) is 0 Å². The maximum atomic E-state index is 6.11. The molecule has 0 saturated carbocycles. The Labute approximate surface area is 116 Å². The minimum Gasteiger partial charge on any atom is -0.260 e. The van der Waals surface area contributed by atoms with Crippen molar-refractivity contribution >= 4 is 23.2 Å². The molecule has 1 aromatic heterocycles. The van der Waals surface area contributed by atoms with E-state index in [1.807, 2.05) is 13.1 Å². The molecular formula is C11H15Cl2NPt+2. The summed E-state index contributed by atoms with van der Waals surface area (Å²) < 4.78 is 0. The van der Waals surface area contributed by atoms with Crippen molar-refractivity contribution in [1.29, 1.82) is 0 Å². The molecule has 0 aliphatic heterocycles. The molecule has 1 rings (SSSR count). The molecule has 0 saturated heterocycles. The third-order valence-corrected chi connectivity index (χ3v) is 3.25. The van der Waals surface area contributed by atoms with Crippen LogP contribution < -0.4 is 0 Å². The van der Waals surface area contributed by atoms with E-state index < -0.39 is 0 Å². The normalized spacial score (nSPS) is 9.87. The monoisotopic (exact) mass is 426 g/mol. The van der Waals surface area contributed by atoms with Crippen molar-refractivity contribution in [2.45, 2.75) is 39.5 Å². The van der Waals surface area contributed by atoms with E-state index >= 15 is 0 Å². The Morgan fingerprint density at radius 2 is 1.87 bits per heavy atom. The predicted octanol–water partition coefficient (Wildman–Crippen LogP) is 4.43. The van der Waals surface area contributed by atoms with Crippen molar-refractivity contribution in [2.75, 3.05) is 0 Å². The minimum absolute atomic E-state index is 0. The first kappa shape index (κ1) is 15.4. The summed E-state index contributed by atoms with van der Waals surface area (Å²) >= 11 is 12.1. The molecule has 0 aliphatic carbocycles. The van der Waals surface area contributed by atoms with Crippen molar-refractivity contribution in [1.82, 2.24) is 4.98 Å². The molecule has 0 spiro atoms. The van der Waals surface area contributed by atoms with Gasteiger partial charge in [0, 0.05) is 6.20 Å². The molecule has 0 aromatic carbocycles. The molecule has 0 radical (unpaired) electrons. The van der Waals surface area contributed by atoms with Gasteiger partial charge in [-0.3, -0.25) is 4.98 Å². The first-order valence-electron chi connectivity index (χ1n) is 4.96. The van der Waals surface area contributed by atoms with Crippen LogP contribution in [-0.4, -0.2) is 4.98 Å². The van der Waals surface area contributed by atoms with Crippen molar-refractivity contribution in [2.24, 2.45) is 0 Å². The zero-order valence-corrected chi connectivity index (χ0v) is 12.7. The van der Waals surface area contributed by atoms with E-state index in [-0.39, 0.29) is 21.1 Å². The maximum Gasteiger partial charge on any atom is 2.00 e. The molecule has 0 N–H and O–H groups in total. The molecule has 86 valence electrons. The van der Waals surface area contributed by atoms with Gasteiger partial charge in [-0.2, -0.15) is 0 Å². The summed E-state index contributed by atoms with van der Waals surface area (Å²) in [5.74, 6) is 0. The summed E-state index contributed by atoms with van der Waals surface area (Å²) in [7, 11) is 0. The van der Waals surface area contributed by atoms with Gasteiger partial charge in [0.1, 0.15) is 0 Å². The fraction of sp³-hybridized carbons (Fsp3) is 0.545. The largest absolute Gasteiger partial charge is 2.00 e. The molecule has 1 nitrogen and oxygen atoms in total. The predicted molar refractivity (Wildman–Crippen MR) is 62.2 cm³/mol. The van der Waals surface area contributed by atoms with Gasteiger partial charge in [0.05, 0.1) is 15.7 Å². The Bertz CT molecular complexity index is 316. The number of unbranched alkanes of at least 4 members (excludes halogenated alkanes) is 2. The summed E-state index contributed by atoms with van der Waals surface area (Å²) in [6.07, 6.45) is 6.39. The van der Waals surface area contributed by atoms with Crippen molar-refractivity contribution in [3.8, 4) is 0 Å². The van der Waals surface area contributed by atoms with E-state index in [1.54, 1.807) is 0 Å². The van der Waals surface area contributed by atoms with Crippen LogP contribution >= 0.6 is 23.2 Å². The summed E-state index contributed by atoms with van der Waals surface area (Å²) in [6, 6.07) is 0. The van der Waals surface area contributed by atoms with E-state index in [1.165, 1.54) is 12.8 Å². The summed E-state index contributed by atoms with van der Waals surface area (Å²) in [5.41, 5.74) is 1.87. The van der Waals surface area contributed by atoms with Crippen molar-refractivity contribution in [3.05, 3.63) is 27.5 Å². The molecule has 0 unspecified atom stereocenters. The fourth-order valence-corrected chi connectivity index (χ4v) is 1.78. The van der Waals surface area contributed by atoms with Gasteiger partial charge in [-0.05, 0) is 25.3 Å². The van der Waals surface area contributed by atoms with Crippen LogP contribution in [0, 0.1) is 6.92 Å². The Morgan fingerprint density at radius 3 is 2.47 bits per heavy atom. The van der Waals surface area contributed by atoms with Crippen LogP contribution in [0.4, 0.5) is 0 Å². The first-order valence-corrected chi connectivity index (χ1v) is 5.72. The van der Waals surface area contributed by atoms with Gasteiger partial charge < -0.3 is 0 Å². The average molecular weight is 427 g/mol. The molecule has 0 fully saturated rings. The molecule has 4 heteroatoms. The first-order chi connectivity index (χ1) is 6.66. The van der Waals surface area contributed by atoms with Gasteiger partial charge in [0.2, 0.25) is 0 Å². The van der Waals surface area contributed by atoms with Crippen molar-refractivity contribution in [3.63, 3.8) is 0 Å². The van der Waals surface area contributed by atoms with Crippen LogP contribution in [0.5, 0.6) is 0 Å². The summed E-state index contributed by atoms with van der Waals surface area (Å²) in [6.45, 7) is 4.05. The molecule has 0 aliphatic rings. The molecule has 0 amide bonds. The summed E-state index contributed by atoms with van der Waals surface area (Å²) in [4.78, 5) is 4.20. The number of hydrogen-bond donors (Lipinski definition) is 0. The molecule has 1 aromatic rings. The average Bonchev–Trinajstić information content (AvgIpc) is 2.18. The smallest absolute Gasteiger partial charge is 0.260 e. The van der Waals surface area contributed by atoms with Gasteiger partial charge in [0.15, 0.2) is 0 Å². The van der Waals surface area contributed by atoms with E-state index in [4.69, 9.17) is 23.2 Å². The van der Waals surface area contributed by atoms with E-state index in [2.05, 4.69) is 11.9 Å².